The average molecular weight is 456 g/mol. The molecule has 1 unspecified atom stereocenters. The Kier molecular flexibility index (Phi) is 5.53. The summed E-state index contributed by atoms with van der Waals surface area (Å²) < 4.78 is 5.67. The Labute approximate surface area is 197 Å². The number of aliphatic hydroxyl groups is 1. The quantitative estimate of drug-likeness (QED) is 0.362. The molecule has 0 saturated carbocycles. The Morgan fingerprint density at radius 3 is 2.62 bits per heavy atom. The second-order valence-corrected chi connectivity index (χ2v) is 8.64. The standard InChI is InChI=1S/C27H25N3O4/c1-29(2)20-8-10-21(11-9-20)30-24(19-5-3-13-28-16-19)23(26(32)27(30)33)25(31)18-7-12-22-17(15-18)6-4-14-34-22/h3,5,7-13,15-16,24,31H,4,6,14H2,1-2H3/b25-23-. The number of carbonyl (C=O) groups is 2. The highest BCUT2D eigenvalue weighted by atomic mass is 16.5. The third-order valence-corrected chi connectivity index (χ3v) is 6.27. The van der Waals surface area contributed by atoms with Gasteiger partial charge in [-0.05, 0) is 72.5 Å². The van der Waals surface area contributed by atoms with Crippen LogP contribution in [-0.2, 0) is 16.0 Å². The number of carbonyl (C=O) groups excluding carboxylic acids is 2. The highest BCUT2D eigenvalue weighted by Crippen LogP contribution is 2.42. The van der Waals surface area contributed by atoms with Crippen molar-refractivity contribution in [3.8, 4) is 5.75 Å². The van der Waals surface area contributed by atoms with Crippen LogP contribution in [0.1, 0.15) is 29.2 Å². The smallest absolute Gasteiger partial charge is 0.300 e. The maximum atomic E-state index is 13.3. The van der Waals surface area contributed by atoms with Gasteiger partial charge >= 0.3 is 0 Å². The molecule has 3 heterocycles. The summed E-state index contributed by atoms with van der Waals surface area (Å²) in [4.78, 5) is 34.1. The van der Waals surface area contributed by atoms with Gasteiger partial charge in [-0.25, -0.2) is 0 Å². The normalized spacial score (nSPS) is 19.0. The lowest BCUT2D eigenvalue weighted by Crippen LogP contribution is -2.29. The molecule has 1 fully saturated rings. The Balaban J connectivity index is 1.65. The van der Waals surface area contributed by atoms with Gasteiger partial charge in [0, 0.05) is 43.4 Å². The maximum Gasteiger partial charge on any atom is 0.300 e. The first kappa shape index (κ1) is 21.7. The van der Waals surface area contributed by atoms with Gasteiger partial charge in [0.2, 0.25) is 0 Å². The van der Waals surface area contributed by atoms with Crippen LogP contribution in [-0.4, -0.2) is 42.5 Å². The third kappa shape index (κ3) is 3.69. The lowest BCUT2D eigenvalue weighted by Gasteiger charge is -2.26. The predicted molar refractivity (Wildman–Crippen MR) is 130 cm³/mol. The minimum Gasteiger partial charge on any atom is -0.507 e. The molecule has 3 aromatic rings. The highest BCUT2D eigenvalue weighted by Gasteiger charge is 2.47. The second kappa shape index (κ2) is 8.67. The van der Waals surface area contributed by atoms with Crippen LogP contribution < -0.4 is 14.5 Å². The molecular weight excluding hydrogens is 430 g/mol. The largest absolute Gasteiger partial charge is 0.507 e. The number of aromatic nitrogens is 1. The number of hydrogen-bond donors (Lipinski definition) is 1. The van der Waals surface area contributed by atoms with E-state index in [0.29, 0.717) is 23.4 Å². The van der Waals surface area contributed by atoms with Crippen LogP contribution in [0.15, 0.2) is 72.6 Å². The third-order valence-electron chi connectivity index (χ3n) is 6.27. The number of nitrogens with zero attached hydrogens (tertiary/aromatic N) is 3. The Morgan fingerprint density at radius 1 is 1.12 bits per heavy atom. The number of anilines is 2. The molecule has 1 N–H and O–H groups in total. The second-order valence-electron chi connectivity index (χ2n) is 8.64. The minimum atomic E-state index is -0.800. The summed E-state index contributed by atoms with van der Waals surface area (Å²) in [5.41, 5.74) is 3.68. The number of aryl methyl sites for hydroxylation is 1. The molecule has 1 amide bonds. The number of pyridine rings is 1. The number of aliphatic hydroxyl groups excluding tert-OH is 1. The van der Waals surface area contributed by atoms with Crippen molar-refractivity contribution in [3.05, 3.63) is 89.3 Å². The Morgan fingerprint density at radius 2 is 1.91 bits per heavy atom. The van der Waals surface area contributed by atoms with E-state index >= 15 is 0 Å². The van der Waals surface area contributed by atoms with Gasteiger partial charge in [0.25, 0.3) is 11.7 Å². The van der Waals surface area contributed by atoms with Crippen molar-refractivity contribution in [2.45, 2.75) is 18.9 Å². The van der Waals surface area contributed by atoms with Gasteiger partial charge < -0.3 is 14.7 Å². The number of ether oxygens (including phenoxy) is 1. The number of hydrogen-bond acceptors (Lipinski definition) is 6. The fourth-order valence-electron chi connectivity index (χ4n) is 4.53. The topological polar surface area (TPSA) is 83.0 Å². The molecule has 7 nitrogen and oxygen atoms in total. The summed E-state index contributed by atoms with van der Waals surface area (Å²) in [6, 6.07) is 15.5. The van der Waals surface area contributed by atoms with E-state index in [4.69, 9.17) is 4.74 Å². The molecule has 1 aromatic heterocycles. The molecule has 2 aromatic carbocycles. The van der Waals surface area contributed by atoms with Crippen LogP contribution in [0.3, 0.4) is 0 Å². The Hall–Kier alpha value is -4.13. The van der Waals surface area contributed by atoms with E-state index in [1.54, 1.807) is 48.8 Å². The van der Waals surface area contributed by atoms with E-state index in [0.717, 1.165) is 29.8 Å². The van der Waals surface area contributed by atoms with Gasteiger partial charge in [0.1, 0.15) is 11.5 Å². The molecule has 172 valence electrons. The van der Waals surface area contributed by atoms with Crippen molar-refractivity contribution in [1.29, 1.82) is 0 Å². The molecule has 0 radical (unpaired) electrons. The van der Waals surface area contributed by atoms with Crippen molar-refractivity contribution in [2.24, 2.45) is 0 Å². The fourth-order valence-corrected chi connectivity index (χ4v) is 4.53. The molecule has 1 atom stereocenters. The maximum absolute atomic E-state index is 13.3. The predicted octanol–water partition coefficient (Wildman–Crippen LogP) is 4.10. The van der Waals surface area contributed by atoms with Crippen molar-refractivity contribution >= 4 is 28.8 Å². The zero-order valence-electron chi connectivity index (χ0n) is 19.1. The van der Waals surface area contributed by atoms with Crippen LogP contribution in [0, 0.1) is 0 Å². The van der Waals surface area contributed by atoms with Gasteiger partial charge in [-0.3, -0.25) is 19.5 Å². The number of ketones is 1. The highest BCUT2D eigenvalue weighted by molar-refractivity contribution is 6.51. The van der Waals surface area contributed by atoms with E-state index in [9.17, 15) is 14.7 Å². The number of fused-ring (bicyclic) bond motifs is 1. The monoisotopic (exact) mass is 455 g/mol. The molecule has 5 rings (SSSR count). The molecule has 0 spiro atoms. The van der Waals surface area contributed by atoms with Crippen LogP contribution >= 0.6 is 0 Å². The van der Waals surface area contributed by atoms with Gasteiger partial charge in [0.05, 0.1) is 18.2 Å². The average Bonchev–Trinajstić information content (AvgIpc) is 3.14. The molecule has 34 heavy (non-hydrogen) atoms. The van der Waals surface area contributed by atoms with E-state index in [-0.39, 0.29) is 11.3 Å². The summed E-state index contributed by atoms with van der Waals surface area (Å²) in [7, 11) is 3.86. The molecule has 1 saturated heterocycles. The summed E-state index contributed by atoms with van der Waals surface area (Å²) in [6.07, 6.45) is 4.96. The first-order valence-corrected chi connectivity index (χ1v) is 11.2. The van der Waals surface area contributed by atoms with Gasteiger partial charge in [0.15, 0.2) is 0 Å². The molecule has 7 heteroatoms. The van der Waals surface area contributed by atoms with Crippen LogP contribution in [0.25, 0.3) is 5.76 Å². The number of benzene rings is 2. The van der Waals surface area contributed by atoms with E-state index in [1.807, 2.05) is 37.2 Å². The Bertz CT molecular complexity index is 1280. The van der Waals surface area contributed by atoms with Crippen molar-refractivity contribution in [1.82, 2.24) is 4.98 Å². The fraction of sp³-hybridized carbons (Fsp3) is 0.222. The number of Topliss-reactive ketones (excluding diaryl/α,β-unsaturated/α-hetero) is 1. The number of amides is 1. The van der Waals surface area contributed by atoms with Crippen LogP contribution in [0.2, 0.25) is 0 Å². The SMILES string of the molecule is CN(C)c1ccc(N2C(=O)C(=O)/C(=C(\O)c3ccc4c(c3)CCCO4)C2c2cccnc2)cc1. The van der Waals surface area contributed by atoms with Crippen molar-refractivity contribution in [3.63, 3.8) is 0 Å². The summed E-state index contributed by atoms with van der Waals surface area (Å²) in [5, 5.41) is 11.3. The zero-order valence-corrected chi connectivity index (χ0v) is 19.1. The van der Waals surface area contributed by atoms with Gasteiger partial charge in [-0.15, -0.1) is 0 Å². The molecule has 2 aliphatic heterocycles. The van der Waals surface area contributed by atoms with E-state index in [1.165, 1.54) is 4.90 Å². The molecule has 0 aliphatic carbocycles. The van der Waals surface area contributed by atoms with Crippen LogP contribution in [0.5, 0.6) is 5.75 Å². The zero-order chi connectivity index (χ0) is 23.8. The lowest BCUT2D eigenvalue weighted by molar-refractivity contribution is -0.132. The van der Waals surface area contributed by atoms with E-state index in [2.05, 4.69) is 4.98 Å². The molecule has 0 bridgehead atoms. The summed E-state index contributed by atoms with van der Waals surface area (Å²) >= 11 is 0. The molecule has 2 aliphatic rings. The van der Waals surface area contributed by atoms with Crippen molar-refractivity contribution < 1.29 is 19.4 Å². The van der Waals surface area contributed by atoms with Gasteiger partial charge in [-0.2, -0.15) is 0 Å². The summed E-state index contributed by atoms with van der Waals surface area (Å²) in [6.45, 7) is 0.664. The summed E-state index contributed by atoms with van der Waals surface area (Å²) in [5.74, 6) is -0.827. The van der Waals surface area contributed by atoms with E-state index < -0.39 is 17.7 Å². The van der Waals surface area contributed by atoms with Crippen LogP contribution in [0.4, 0.5) is 11.4 Å². The van der Waals surface area contributed by atoms with Crippen molar-refractivity contribution in [2.75, 3.05) is 30.5 Å². The first-order chi connectivity index (χ1) is 16.5. The lowest BCUT2D eigenvalue weighted by atomic mass is 9.94. The minimum absolute atomic E-state index is 0.0476. The number of rotatable bonds is 4. The first-order valence-electron chi connectivity index (χ1n) is 11.2. The van der Waals surface area contributed by atoms with Gasteiger partial charge in [-0.1, -0.05) is 6.07 Å². The molecular formula is C27H25N3O4.